The molecule has 3 heteroatoms. The van der Waals surface area contributed by atoms with Gasteiger partial charge in [-0.3, -0.25) is 0 Å². The maximum Gasteiger partial charge on any atom is 0.192 e. The number of hydrogen-bond donors (Lipinski definition) is 0. The molecule has 2 aliphatic carbocycles. The molecule has 4 atom stereocenters. The van der Waals surface area contributed by atoms with E-state index in [4.69, 9.17) is 4.43 Å². The highest BCUT2D eigenvalue weighted by atomic mass is 28.4. The summed E-state index contributed by atoms with van der Waals surface area (Å²) in [5, 5.41) is 0. The predicted octanol–water partition coefficient (Wildman–Crippen LogP) is 6.13. The summed E-state index contributed by atoms with van der Waals surface area (Å²) in [4.78, 5) is 11.6. The lowest BCUT2D eigenvalue weighted by atomic mass is 9.63. The second kappa shape index (κ2) is 7.86. The third-order valence-corrected chi connectivity index (χ3v) is 11.8. The Morgan fingerprint density at radius 2 is 1.96 bits per heavy atom. The van der Waals surface area contributed by atoms with Crippen molar-refractivity contribution >= 4 is 14.1 Å². The monoisotopic (exact) mass is 350 g/mol. The lowest BCUT2D eigenvalue weighted by Gasteiger charge is -2.47. The number of carbonyl (C=O) groups excluding carboxylic acids is 1. The van der Waals surface area contributed by atoms with Crippen molar-refractivity contribution in [2.24, 2.45) is 17.3 Å². The van der Waals surface area contributed by atoms with E-state index in [1.165, 1.54) is 37.4 Å². The van der Waals surface area contributed by atoms with E-state index in [-0.39, 0.29) is 5.41 Å². The Balaban J connectivity index is 2.17. The topological polar surface area (TPSA) is 26.3 Å². The van der Waals surface area contributed by atoms with Gasteiger partial charge in [-0.25, -0.2) is 0 Å². The molecule has 0 unspecified atom stereocenters. The highest BCUT2D eigenvalue weighted by molar-refractivity contribution is 6.73. The lowest BCUT2D eigenvalue weighted by Crippen LogP contribution is -2.48. The number of carbonyl (C=O) groups is 1. The zero-order valence-corrected chi connectivity index (χ0v) is 17.8. The average molecular weight is 351 g/mol. The molecule has 0 bridgehead atoms. The Hall–Kier alpha value is -0.413. The fourth-order valence-electron chi connectivity index (χ4n) is 5.49. The molecule has 0 N–H and O–H groups in total. The van der Waals surface area contributed by atoms with Crippen LogP contribution < -0.4 is 0 Å². The van der Waals surface area contributed by atoms with E-state index < -0.39 is 8.32 Å². The van der Waals surface area contributed by atoms with Gasteiger partial charge in [0.05, 0.1) is 0 Å². The molecule has 1 saturated carbocycles. The molecule has 138 valence electrons. The van der Waals surface area contributed by atoms with Gasteiger partial charge in [0.1, 0.15) is 5.78 Å². The molecule has 1 fully saturated rings. The Morgan fingerprint density at radius 1 is 1.33 bits per heavy atom. The van der Waals surface area contributed by atoms with Gasteiger partial charge in [-0.1, -0.05) is 52.7 Å². The van der Waals surface area contributed by atoms with Gasteiger partial charge in [0.2, 0.25) is 0 Å². The van der Waals surface area contributed by atoms with Crippen LogP contribution in [-0.4, -0.2) is 20.2 Å². The molecule has 0 aromatic rings. The summed E-state index contributed by atoms with van der Waals surface area (Å²) < 4.78 is 6.95. The van der Waals surface area contributed by atoms with Crippen LogP contribution in [0.3, 0.4) is 0 Å². The largest absolute Gasteiger partial charge is 0.414 e. The van der Waals surface area contributed by atoms with Crippen molar-refractivity contribution in [1.29, 1.82) is 0 Å². The average Bonchev–Trinajstić information content (AvgIpc) is 2.90. The van der Waals surface area contributed by atoms with Gasteiger partial charge in [0.15, 0.2) is 8.32 Å². The highest BCUT2D eigenvalue weighted by Crippen LogP contribution is 2.56. The minimum atomic E-state index is -1.55. The van der Waals surface area contributed by atoms with Gasteiger partial charge in [0.25, 0.3) is 0 Å². The van der Waals surface area contributed by atoms with Crippen LogP contribution in [0.5, 0.6) is 0 Å². The minimum Gasteiger partial charge on any atom is -0.414 e. The van der Waals surface area contributed by atoms with E-state index in [0.717, 1.165) is 6.42 Å². The first-order valence-corrected chi connectivity index (χ1v) is 12.7. The first-order chi connectivity index (χ1) is 11.3. The van der Waals surface area contributed by atoms with Crippen molar-refractivity contribution in [2.45, 2.75) is 97.9 Å². The third kappa shape index (κ3) is 3.72. The maximum atomic E-state index is 11.6. The third-order valence-electron chi connectivity index (χ3n) is 7.16. The van der Waals surface area contributed by atoms with Crippen molar-refractivity contribution in [1.82, 2.24) is 0 Å². The zero-order chi connectivity index (χ0) is 18.0. The SMILES string of the molecule is CC[Si](CC)(CC)O[C@H]1CCC[C@]2(C)C([C@H](C)CC(C)=O)=CC[C@@H]12. The van der Waals surface area contributed by atoms with E-state index in [1.807, 2.05) is 0 Å². The van der Waals surface area contributed by atoms with E-state index >= 15 is 0 Å². The Kier molecular flexibility index (Phi) is 6.52. The predicted molar refractivity (Wildman–Crippen MR) is 105 cm³/mol. The summed E-state index contributed by atoms with van der Waals surface area (Å²) >= 11 is 0. The summed E-state index contributed by atoms with van der Waals surface area (Å²) in [5.74, 6) is 1.34. The molecule has 24 heavy (non-hydrogen) atoms. The number of rotatable bonds is 8. The van der Waals surface area contributed by atoms with E-state index in [0.29, 0.717) is 30.1 Å². The van der Waals surface area contributed by atoms with Gasteiger partial charge >= 0.3 is 0 Å². The standard InChI is InChI=1S/C21H38O2Si/c1-7-24(8-2,9-3)23-20-11-10-14-21(6)18(12-13-19(20)21)16(4)15-17(5)22/h12,16,19-20H,7-11,13-15H2,1-6H3/t16-,19+,20+,21-/m1/s1. The number of Topliss-reactive ketones (excluding diaryl/α,β-unsaturated/α-hetero) is 1. The summed E-state index contributed by atoms with van der Waals surface area (Å²) in [5.41, 5.74) is 1.81. The normalized spacial score (nSPS) is 31.5. The van der Waals surface area contributed by atoms with Crippen LogP contribution in [0.2, 0.25) is 18.1 Å². The van der Waals surface area contributed by atoms with Gasteiger partial charge in [-0.05, 0) is 61.6 Å². The van der Waals surface area contributed by atoms with Crippen molar-refractivity contribution in [3.05, 3.63) is 11.6 Å². The van der Waals surface area contributed by atoms with Gasteiger partial charge < -0.3 is 9.22 Å². The number of ketones is 1. The van der Waals surface area contributed by atoms with Crippen LogP contribution in [0.4, 0.5) is 0 Å². The Labute approximate surface area is 150 Å². The second-order valence-corrected chi connectivity index (χ2v) is 13.2. The van der Waals surface area contributed by atoms with Crippen LogP contribution in [-0.2, 0) is 9.22 Å². The fourth-order valence-corrected chi connectivity index (χ4v) is 8.42. The lowest BCUT2D eigenvalue weighted by molar-refractivity contribution is -0.117. The molecule has 0 amide bonds. The van der Waals surface area contributed by atoms with E-state index in [2.05, 4.69) is 40.7 Å². The number of fused-ring (bicyclic) bond motifs is 1. The highest BCUT2D eigenvalue weighted by Gasteiger charge is 2.50. The number of hydrogen-bond acceptors (Lipinski definition) is 2. The molecule has 0 saturated heterocycles. The minimum absolute atomic E-state index is 0.257. The van der Waals surface area contributed by atoms with Crippen LogP contribution in [0.15, 0.2) is 11.6 Å². The molecule has 0 aliphatic heterocycles. The smallest absolute Gasteiger partial charge is 0.192 e. The van der Waals surface area contributed by atoms with Crippen molar-refractivity contribution in [2.75, 3.05) is 0 Å². The maximum absolute atomic E-state index is 11.6. The molecule has 0 aromatic heterocycles. The van der Waals surface area contributed by atoms with Gasteiger partial charge in [-0.2, -0.15) is 0 Å². The molecule has 2 aliphatic rings. The quantitative estimate of drug-likeness (QED) is 0.389. The molecule has 2 nitrogen and oxygen atoms in total. The molecular weight excluding hydrogens is 312 g/mol. The molecule has 0 aromatic carbocycles. The molecule has 0 radical (unpaired) electrons. The van der Waals surface area contributed by atoms with Crippen molar-refractivity contribution in [3.8, 4) is 0 Å². The van der Waals surface area contributed by atoms with Crippen molar-refractivity contribution < 1.29 is 9.22 Å². The molecule has 2 rings (SSSR count). The van der Waals surface area contributed by atoms with E-state index in [9.17, 15) is 4.79 Å². The van der Waals surface area contributed by atoms with Crippen LogP contribution in [0.1, 0.15) is 73.6 Å². The van der Waals surface area contributed by atoms with Crippen LogP contribution in [0, 0.1) is 17.3 Å². The first kappa shape index (κ1) is 19.9. The molecular formula is C21H38O2Si. The summed E-state index contributed by atoms with van der Waals surface area (Å²) in [6, 6.07) is 3.71. The Morgan fingerprint density at radius 3 is 2.50 bits per heavy atom. The molecule has 0 heterocycles. The number of allylic oxidation sites excluding steroid dienone is 2. The van der Waals surface area contributed by atoms with Gasteiger partial charge in [0, 0.05) is 12.5 Å². The zero-order valence-electron chi connectivity index (χ0n) is 16.8. The summed E-state index contributed by atoms with van der Waals surface area (Å²) in [7, 11) is -1.55. The van der Waals surface area contributed by atoms with Crippen LogP contribution in [0.25, 0.3) is 0 Å². The fraction of sp³-hybridized carbons (Fsp3) is 0.857. The van der Waals surface area contributed by atoms with Crippen molar-refractivity contribution in [3.63, 3.8) is 0 Å². The molecule has 0 spiro atoms. The van der Waals surface area contributed by atoms with Crippen LogP contribution >= 0.6 is 0 Å². The van der Waals surface area contributed by atoms with Gasteiger partial charge in [-0.15, -0.1) is 0 Å². The first-order valence-electron chi connectivity index (χ1n) is 10.2. The second-order valence-electron chi connectivity index (χ2n) is 8.52. The summed E-state index contributed by atoms with van der Waals surface area (Å²) in [6.45, 7) is 13.4. The Bertz CT molecular complexity index is 472. The van der Waals surface area contributed by atoms with E-state index in [1.54, 1.807) is 12.5 Å². The summed E-state index contributed by atoms with van der Waals surface area (Å²) in [6.07, 6.45) is 8.52.